The Kier molecular flexibility index (Phi) is 5.92. The fraction of sp³-hybridized carbons (Fsp3) is 0.385. The molecule has 0 aromatic heterocycles. The lowest BCUT2D eigenvalue weighted by molar-refractivity contribution is 0.723. The lowest BCUT2D eigenvalue weighted by atomic mass is 9.93. The number of hydrogen-bond donors (Lipinski definition) is 0. The van der Waals surface area contributed by atoms with E-state index in [0.29, 0.717) is 5.92 Å². The monoisotopic (exact) mass is 300 g/mol. The van der Waals surface area contributed by atoms with Crippen LogP contribution in [0.3, 0.4) is 0 Å². The van der Waals surface area contributed by atoms with Gasteiger partial charge in [-0.2, -0.15) is 0 Å². The summed E-state index contributed by atoms with van der Waals surface area (Å²) in [5.41, 5.74) is 1.51. The van der Waals surface area contributed by atoms with Gasteiger partial charge in [-0.3, -0.25) is 0 Å². The van der Waals surface area contributed by atoms with Gasteiger partial charge in [0.2, 0.25) is 0 Å². The highest BCUT2D eigenvalue weighted by atomic mass is 127. The van der Waals surface area contributed by atoms with Crippen molar-refractivity contribution in [1.29, 1.82) is 0 Å². The molecule has 14 heavy (non-hydrogen) atoms. The molecular formula is C13H17I. The molecule has 0 amide bonds. The predicted molar refractivity (Wildman–Crippen MR) is 72.8 cm³/mol. The summed E-state index contributed by atoms with van der Waals surface area (Å²) < 4.78 is 1.19. The van der Waals surface area contributed by atoms with Crippen LogP contribution >= 0.6 is 22.6 Å². The van der Waals surface area contributed by atoms with Crippen molar-refractivity contribution in [2.45, 2.75) is 19.3 Å². The molecule has 0 saturated heterocycles. The number of hydrogen-bond acceptors (Lipinski definition) is 0. The summed E-state index contributed by atoms with van der Waals surface area (Å²) >= 11 is 2.47. The maximum atomic E-state index is 3.68. The van der Waals surface area contributed by atoms with E-state index in [1.54, 1.807) is 0 Å². The lowest BCUT2D eigenvalue weighted by Crippen LogP contribution is -2.04. The zero-order valence-electron chi connectivity index (χ0n) is 8.45. The third-order valence-corrected chi connectivity index (χ3v) is 3.44. The zero-order valence-corrected chi connectivity index (χ0v) is 10.6. The van der Waals surface area contributed by atoms with Gasteiger partial charge in [-0.25, -0.2) is 0 Å². The van der Waals surface area contributed by atoms with Crippen LogP contribution in [0.15, 0.2) is 48.6 Å². The third-order valence-electron chi connectivity index (χ3n) is 2.37. The molecule has 1 atom stereocenters. The second-order valence-electron chi connectivity index (χ2n) is 3.43. The van der Waals surface area contributed by atoms with E-state index in [1.165, 1.54) is 22.8 Å². The van der Waals surface area contributed by atoms with E-state index in [4.69, 9.17) is 0 Å². The number of alkyl halides is 1. The average molecular weight is 300 g/mol. The smallest absolute Gasteiger partial charge is 0.00671 e. The Morgan fingerprint density at radius 1 is 1.50 bits per heavy atom. The summed E-state index contributed by atoms with van der Waals surface area (Å²) in [4.78, 5) is 0. The van der Waals surface area contributed by atoms with Crippen molar-refractivity contribution < 1.29 is 0 Å². The summed E-state index contributed by atoms with van der Waals surface area (Å²) in [6.07, 6.45) is 16.6. The minimum atomic E-state index is 0.684. The fourth-order valence-electron chi connectivity index (χ4n) is 1.56. The van der Waals surface area contributed by atoms with Gasteiger partial charge in [0.25, 0.3) is 0 Å². The molecule has 1 aliphatic carbocycles. The van der Waals surface area contributed by atoms with Crippen molar-refractivity contribution in [3.63, 3.8) is 0 Å². The SMILES string of the molecule is C=C/C=C\CC(CI)C1=CCCC=C1. The molecule has 0 nitrogen and oxygen atoms in total. The van der Waals surface area contributed by atoms with Crippen LogP contribution in [0.5, 0.6) is 0 Å². The van der Waals surface area contributed by atoms with Gasteiger partial charge in [0.05, 0.1) is 0 Å². The molecule has 0 aromatic rings. The molecule has 0 heterocycles. The number of allylic oxidation sites excluding steroid dienone is 7. The molecule has 1 rings (SSSR count). The largest absolute Gasteiger partial charge is 0.0991 e. The first kappa shape index (κ1) is 11.8. The van der Waals surface area contributed by atoms with Crippen molar-refractivity contribution in [2.75, 3.05) is 4.43 Å². The topological polar surface area (TPSA) is 0 Å². The average Bonchev–Trinajstić information content (AvgIpc) is 2.26. The van der Waals surface area contributed by atoms with Gasteiger partial charge >= 0.3 is 0 Å². The van der Waals surface area contributed by atoms with E-state index in [9.17, 15) is 0 Å². The highest BCUT2D eigenvalue weighted by molar-refractivity contribution is 14.1. The molecular weight excluding hydrogens is 283 g/mol. The highest BCUT2D eigenvalue weighted by Gasteiger charge is 2.09. The first-order valence-electron chi connectivity index (χ1n) is 5.08. The maximum Gasteiger partial charge on any atom is 0.00671 e. The second-order valence-corrected chi connectivity index (χ2v) is 4.32. The van der Waals surface area contributed by atoms with Gasteiger partial charge in [-0.1, -0.05) is 65.6 Å². The van der Waals surface area contributed by atoms with E-state index >= 15 is 0 Å². The van der Waals surface area contributed by atoms with Crippen LogP contribution in [-0.4, -0.2) is 4.43 Å². The normalized spacial score (nSPS) is 18.2. The Morgan fingerprint density at radius 3 is 2.93 bits per heavy atom. The Labute approximate surface area is 101 Å². The summed E-state index contributed by atoms with van der Waals surface area (Å²) in [7, 11) is 0. The van der Waals surface area contributed by atoms with Gasteiger partial charge in [-0.05, 0) is 30.8 Å². The van der Waals surface area contributed by atoms with Gasteiger partial charge in [0.15, 0.2) is 0 Å². The molecule has 1 unspecified atom stereocenters. The van der Waals surface area contributed by atoms with Crippen LogP contribution in [0.4, 0.5) is 0 Å². The lowest BCUT2D eigenvalue weighted by Gasteiger charge is -2.15. The fourth-order valence-corrected chi connectivity index (χ4v) is 2.43. The molecule has 0 radical (unpaired) electrons. The molecule has 0 fully saturated rings. The van der Waals surface area contributed by atoms with Crippen molar-refractivity contribution in [1.82, 2.24) is 0 Å². The minimum absolute atomic E-state index is 0.684. The summed E-state index contributed by atoms with van der Waals surface area (Å²) in [5.74, 6) is 0.684. The van der Waals surface area contributed by atoms with Gasteiger partial charge in [-0.15, -0.1) is 0 Å². The molecule has 1 aliphatic rings. The van der Waals surface area contributed by atoms with Gasteiger partial charge < -0.3 is 0 Å². The molecule has 0 N–H and O–H groups in total. The van der Waals surface area contributed by atoms with E-state index in [0.717, 1.165) is 6.42 Å². The van der Waals surface area contributed by atoms with Crippen molar-refractivity contribution in [2.24, 2.45) is 5.92 Å². The van der Waals surface area contributed by atoms with Crippen molar-refractivity contribution >= 4 is 22.6 Å². The van der Waals surface area contributed by atoms with Crippen LogP contribution in [0.2, 0.25) is 0 Å². The van der Waals surface area contributed by atoms with E-state index < -0.39 is 0 Å². The van der Waals surface area contributed by atoms with Crippen LogP contribution in [0, 0.1) is 5.92 Å². The predicted octanol–water partition coefficient (Wildman–Crippen LogP) is 4.45. The molecule has 0 aromatic carbocycles. The van der Waals surface area contributed by atoms with E-state index in [1.807, 2.05) is 12.2 Å². The van der Waals surface area contributed by atoms with Crippen LogP contribution < -0.4 is 0 Å². The summed E-state index contributed by atoms with van der Waals surface area (Å²) in [6.45, 7) is 3.68. The molecule has 76 valence electrons. The van der Waals surface area contributed by atoms with Gasteiger partial charge in [0.1, 0.15) is 0 Å². The first-order valence-corrected chi connectivity index (χ1v) is 6.61. The van der Waals surface area contributed by atoms with Crippen molar-refractivity contribution in [3.8, 4) is 0 Å². The van der Waals surface area contributed by atoms with Crippen LogP contribution in [0.25, 0.3) is 0 Å². The third kappa shape index (κ3) is 3.82. The standard InChI is InChI=1S/C13H17I/c1-2-3-5-10-13(11-14)12-8-6-4-7-9-12/h2-3,5-6,8-9,13H,1,4,7,10-11H2/b5-3-. The number of rotatable bonds is 5. The second kappa shape index (κ2) is 7.04. The highest BCUT2D eigenvalue weighted by Crippen LogP contribution is 2.23. The van der Waals surface area contributed by atoms with E-state index in [-0.39, 0.29) is 0 Å². The van der Waals surface area contributed by atoms with Crippen molar-refractivity contribution in [3.05, 3.63) is 48.6 Å². The summed E-state index contributed by atoms with van der Waals surface area (Å²) in [5, 5.41) is 0. The van der Waals surface area contributed by atoms with Crippen LogP contribution in [-0.2, 0) is 0 Å². The van der Waals surface area contributed by atoms with Gasteiger partial charge in [0, 0.05) is 4.43 Å². The Bertz CT molecular complexity index is 258. The maximum absolute atomic E-state index is 3.68. The minimum Gasteiger partial charge on any atom is -0.0991 e. The molecule has 0 aliphatic heterocycles. The van der Waals surface area contributed by atoms with E-state index in [2.05, 4.69) is 53.5 Å². The molecule has 0 spiro atoms. The molecule has 0 bridgehead atoms. The van der Waals surface area contributed by atoms with Crippen LogP contribution in [0.1, 0.15) is 19.3 Å². The summed E-state index contributed by atoms with van der Waals surface area (Å²) in [6, 6.07) is 0. The Morgan fingerprint density at radius 2 is 2.36 bits per heavy atom. The Hall–Kier alpha value is -0.310. The first-order chi connectivity index (χ1) is 6.88. The molecule has 0 saturated carbocycles. The number of halogens is 1. The Balaban J connectivity index is 2.52. The quantitative estimate of drug-likeness (QED) is 0.400. The zero-order chi connectivity index (χ0) is 10.2. The molecule has 1 heteroatoms.